The van der Waals surface area contributed by atoms with E-state index in [0.29, 0.717) is 18.5 Å². The van der Waals surface area contributed by atoms with Crippen molar-refractivity contribution in [3.05, 3.63) is 29.8 Å². The Balaban J connectivity index is 1.65. The van der Waals surface area contributed by atoms with Crippen LogP contribution in [0.15, 0.2) is 24.3 Å². The fourth-order valence-electron chi connectivity index (χ4n) is 2.74. The maximum absolute atomic E-state index is 12.3. The van der Waals surface area contributed by atoms with Gasteiger partial charge in [-0.3, -0.25) is 4.79 Å². The van der Waals surface area contributed by atoms with Crippen LogP contribution in [0.25, 0.3) is 0 Å². The van der Waals surface area contributed by atoms with Gasteiger partial charge in [-0.15, -0.1) is 0 Å². The van der Waals surface area contributed by atoms with Crippen LogP contribution in [-0.4, -0.2) is 24.5 Å². The molecule has 96 valence electrons. The molecular formula is C15H20N2O. The van der Waals surface area contributed by atoms with Crippen LogP contribution in [0.3, 0.4) is 0 Å². The quantitative estimate of drug-likeness (QED) is 0.879. The van der Waals surface area contributed by atoms with E-state index < -0.39 is 0 Å². The Hall–Kier alpha value is -1.35. The molecule has 0 spiro atoms. The highest BCUT2D eigenvalue weighted by atomic mass is 16.2. The van der Waals surface area contributed by atoms with Gasteiger partial charge in [-0.1, -0.05) is 18.2 Å². The number of carbonyl (C=O) groups is 1. The molecule has 0 saturated heterocycles. The number of rotatable bonds is 4. The summed E-state index contributed by atoms with van der Waals surface area (Å²) in [7, 11) is 0. The topological polar surface area (TPSA) is 32.3 Å². The zero-order valence-electron chi connectivity index (χ0n) is 10.9. The number of benzene rings is 1. The van der Waals surface area contributed by atoms with Crippen LogP contribution in [-0.2, 0) is 11.2 Å². The van der Waals surface area contributed by atoms with E-state index in [-0.39, 0.29) is 5.91 Å². The number of anilines is 1. The Morgan fingerprint density at radius 1 is 1.39 bits per heavy atom. The summed E-state index contributed by atoms with van der Waals surface area (Å²) in [5.74, 6) is 0.251. The third-order valence-electron chi connectivity index (χ3n) is 3.83. The zero-order chi connectivity index (χ0) is 12.5. The Labute approximate surface area is 108 Å². The first-order valence-electron chi connectivity index (χ1n) is 6.89. The molecule has 1 heterocycles. The lowest BCUT2D eigenvalue weighted by atomic mass is 10.1. The summed E-state index contributed by atoms with van der Waals surface area (Å²) in [6, 6.07) is 9.23. The number of amides is 1. The van der Waals surface area contributed by atoms with Crippen molar-refractivity contribution < 1.29 is 4.79 Å². The first kappa shape index (κ1) is 11.7. The normalized spacial score (nSPS) is 22.1. The van der Waals surface area contributed by atoms with Gasteiger partial charge in [-0.25, -0.2) is 0 Å². The molecule has 1 aliphatic heterocycles. The molecule has 18 heavy (non-hydrogen) atoms. The molecule has 1 aliphatic carbocycles. The van der Waals surface area contributed by atoms with Gasteiger partial charge in [0.05, 0.1) is 0 Å². The van der Waals surface area contributed by atoms with Crippen molar-refractivity contribution >= 4 is 11.6 Å². The Morgan fingerprint density at radius 2 is 2.17 bits per heavy atom. The van der Waals surface area contributed by atoms with Crippen molar-refractivity contribution in [3.63, 3.8) is 0 Å². The van der Waals surface area contributed by atoms with Crippen molar-refractivity contribution in [1.82, 2.24) is 5.32 Å². The van der Waals surface area contributed by atoms with Gasteiger partial charge in [-0.2, -0.15) is 0 Å². The molecule has 1 saturated carbocycles. The average Bonchev–Trinajstić information content (AvgIpc) is 3.10. The fourth-order valence-corrected chi connectivity index (χ4v) is 2.74. The van der Waals surface area contributed by atoms with Crippen LogP contribution in [0.2, 0.25) is 0 Å². The zero-order valence-corrected chi connectivity index (χ0v) is 10.9. The largest absolute Gasteiger partial charge is 0.313 e. The van der Waals surface area contributed by atoms with Crippen molar-refractivity contribution in [3.8, 4) is 0 Å². The Kier molecular flexibility index (Phi) is 3.08. The molecule has 3 rings (SSSR count). The monoisotopic (exact) mass is 244 g/mol. The van der Waals surface area contributed by atoms with Crippen LogP contribution in [0.4, 0.5) is 5.69 Å². The van der Waals surface area contributed by atoms with Crippen LogP contribution in [0.5, 0.6) is 0 Å². The maximum atomic E-state index is 12.3. The van der Waals surface area contributed by atoms with Crippen molar-refractivity contribution in [1.29, 1.82) is 0 Å². The summed E-state index contributed by atoms with van der Waals surface area (Å²) in [6.45, 7) is 2.95. The van der Waals surface area contributed by atoms with Gasteiger partial charge in [0.1, 0.15) is 0 Å². The van der Waals surface area contributed by atoms with Crippen LogP contribution in [0.1, 0.15) is 31.7 Å². The maximum Gasteiger partial charge on any atom is 0.228 e. The molecule has 3 heteroatoms. The second-order valence-electron chi connectivity index (χ2n) is 5.42. The van der Waals surface area contributed by atoms with Gasteiger partial charge in [0.2, 0.25) is 5.91 Å². The SMILES string of the molecule is CC1Cc2ccccc2N1C(=O)CCNC1CC1. The molecule has 0 radical (unpaired) electrons. The smallest absolute Gasteiger partial charge is 0.228 e. The van der Waals surface area contributed by atoms with Gasteiger partial charge >= 0.3 is 0 Å². The van der Waals surface area contributed by atoms with Crippen molar-refractivity contribution in [2.24, 2.45) is 0 Å². The van der Waals surface area contributed by atoms with Crippen LogP contribution < -0.4 is 10.2 Å². The molecule has 1 aromatic rings. The van der Waals surface area contributed by atoms with Gasteiger partial charge in [0.15, 0.2) is 0 Å². The lowest BCUT2D eigenvalue weighted by Gasteiger charge is -2.22. The standard InChI is InChI=1S/C15H20N2O/c1-11-10-12-4-2-3-5-14(12)17(11)15(18)8-9-16-13-6-7-13/h2-5,11,13,16H,6-10H2,1H3. The van der Waals surface area contributed by atoms with E-state index in [4.69, 9.17) is 0 Å². The van der Waals surface area contributed by atoms with E-state index in [9.17, 15) is 4.79 Å². The van der Waals surface area contributed by atoms with E-state index in [2.05, 4.69) is 24.4 Å². The van der Waals surface area contributed by atoms with Gasteiger partial charge in [0.25, 0.3) is 0 Å². The number of carbonyl (C=O) groups excluding carboxylic acids is 1. The summed E-state index contributed by atoms with van der Waals surface area (Å²) in [5, 5.41) is 3.40. The highest BCUT2D eigenvalue weighted by Crippen LogP contribution is 2.32. The lowest BCUT2D eigenvalue weighted by Crippen LogP contribution is -2.37. The van der Waals surface area contributed by atoms with E-state index in [1.165, 1.54) is 18.4 Å². The number of nitrogens with one attached hydrogen (secondary N) is 1. The Morgan fingerprint density at radius 3 is 2.94 bits per heavy atom. The summed E-state index contributed by atoms with van der Waals surface area (Å²) in [6.07, 6.45) is 4.14. The molecule has 1 aromatic carbocycles. The first-order chi connectivity index (χ1) is 8.75. The second kappa shape index (κ2) is 4.73. The minimum atomic E-state index is 0.251. The molecule has 1 N–H and O–H groups in total. The summed E-state index contributed by atoms with van der Waals surface area (Å²) in [4.78, 5) is 14.3. The van der Waals surface area contributed by atoms with E-state index in [0.717, 1.165) is 18.7 Å². The summed E-state index contributed by atoms with van der Waals surface area (Å²) >= 11 is 0. The highest BCUT2D eigenvalue weighted by molar-refractivity contribution is 5.96. The van der Waals surface area contributed by atoms with E-state index >= 15 is 0 Å². The molecule has 0 bridgehead atoms. The third kappa shape index (κ3) is 2.27. The Bertz CT molecular complexity index is 454. The average molecular weight is 244 g/mol. The van der Waals surface area contributed by atoms with Gasteiger partial charge < -0.3 is 10.2 Å². The minimum Gasteiger partial charge on any atom is -0.313 e. The highest BCUT2D eigenvalue weighted by Gasteiger charge is 2.30. The number of nitrogens with zero attached hydrogens (tertiary/aromatic N) is 1. The predicted molar refractivity (Wildman–Crippen MR) is 72.7 cm³/mol. The lowest BCUT2D eigenvalue weighted by molar-refractivity contribution is -0.118. The van der Waals surface area contributed by atoms with Gasteiger partial charge in [-0.05, 0) is 37.8 Å². The number of para-hydroxylation sites is 1. The molecule has 1 amide bonds. The van der Waals surface area contributed by atoms with Crippen LogP contribution >= 0.6 is 0 Å². The molecular weight excluding hydrogens is 224 g/mol. The molecule has 1 atom stereocenters. The van der Waals surface area contributed by atoms with Crippen LogP contribution in [0, 0.1) is 0 Å². The minimum absolute atomic E-state index is 0.251. The predicted octanol–water partition coefficient (Wildman–Crippen LogP) is 2.11. The molecule has 3 nitrogen and oxygen atoms in total. The van der Waals surface area contributed by atoms with E-state index in [1.807, 2.05) is 17.0 Å². The molecule has 1 unspecified atom stereocenters. The molecule has 2 aliphatic rings. The molecule has 1 fully saturated rings. The second-order valence-corrected chi connectivity index (χ2v) is 5.42. The van der Waals surface area contributed by atoms with E-state index in [1.54, 1.807) is 0 Å². The van der Waals surface area contributed by atoms with Crippen molar-refractivity contribution in [2.75, 3.05) is 11.4 Å². The van der Waals surface area contributed by atoms with Crippen molar-refractivity contribution in [2.45, 2.75) is 44.7 Å². The first-order valence-corrected chi connectivity index (χ1v) is 6.89. The summed E-state index contributed by atoms with van der Waals surface area (Å²) in [5.41, 5.74) is 2.41. The summed E-state index contributed by atoms with van der Waals surface area (Å²) < 4.78 is 0. The fraction of sp³-hybridized carbons (Fsp3) is 0.533. The third-order valence-corrected chi connectivity index (χ3v) is 3.83. The van der Waals surface area contributed by atoms with Gasteiger partial charge in [0, 0.05) is 30.7 Å². The number of hydrogen-bond acceptors (Lipinski definition) is 2. The number of hydrogen-bond donors (Lipinski definition) is 1. The molecule has 0 aromatic heterocycles. The number of fused-ring (bicyclic) bond motifs is 1.